The first kappa shape index (κ1) is 18.3. The number of hydrogen-bond donors (Lipinski definition) is 3. The van der Waals surface area contributed by atoms with Gasteiger partial charge in [0.1, 0.15) is 5.82 Å². The summed E-state index contributed by atoms with van der Waals surface area (Å²) in [6.07, 6.45) is 6.84. The smallest absolute Gasteiger partial charge is 0.258 e. The monoisotopic (exact) mass is 388 g/mol. The Labute approximate surface area is 167 Å². The molecule has 8 heteroatoms. The summed E-state index contributed by atoms with van der Waals surface area (Å²) in [4.78, 5) is 8.88. The summed E-state index contributed by atoms with van der Waals surface area (Å²) in [6.45, 7) is 0. The Morgan fingerprint density at radius 2 is 1.97 bits per heavy atom. The van der Waals surface area contributed by atoms with Crippen molar-refractivity contribution in [3.63, 3.8) is 0 Å². The molecule has 0 unspecified atom stereocenters. The lowest BCUT2D eigenvalue weighted by molar-refractivity contribution is 0.343. The molecule has 0 fully saturated rings. The van der Waals surface area contributed by atoms with E-state index in [1.807, 2.05) is 47.1 Å². The van der Waals surface area contributed by atoms with Crippen molar-refractivity contribution in [2.24, 2.45) is 0 Å². The standard InChI is InChI=1S/C21H20N6O2/c1-28-18-5-6-19(26-21(18)29-2)25-17-10-15(12-27-8-7-24-20(17)27)13-3-4-14(11-22)16(23)9-13/h3-12,22H,23H2,1-2H3,(H,25,26). The molecule has 0 aliphatic heterocycles. The van der Waals surface area contributed by atoms with E-state index in [1.165, 1.54) is 6.21 Å². The topological polar surface area (TPSA) is 111 Å². The second-order valence-corrected chi connectivity index (χ2v) is 6.32. The van der Waals surface area contributed by atoms with Gasteiger partial charge in [0, 0.05) is 41.6 Å². The van der Waals surface area contributed by atoms with Crippen molar-refractivity contribution in [2.75, 3.05) is 25.3 Å². The van der Waals surface area contributed by atoms with Crippen molar-refractivity contribution < 1.29 is 9.47 Å². The first-order chi connectivity index (χ1) is 14.1. The molecule has 1 aromatic carbocycles. The van der Waals surface area contributed by atoms with Crippen LogP contribution in [0.15, 0.2) is 55.0 Å². The maximum atomic E-state index is 7.41. The molecule has 0 amide bonds. The summed E-state index contributed by atoms with van der Waals surface area (Å²) < 4.78 is 12.5. The Morgan fingerprint density at radius 3 is 2.69 bits per heavy atom. The molecule has 0 aliphatic carbocycles. The van der Waals surface area contributed by atoms with Crippen LogP contribution in [0.5, 0.6) is 11.6 Å². The van der Waals surface area contributed by atoms with Gasteiger partial charge in [0.05, 0.1) is 19.9 Å². The molecule has 8 nitrogen and oxygen atoms in total. The van der Waals surface area contributed by atoms with Crippen molar-refractivity contribution >= 4 is 29.1 Å². The highest BCUT2D eigenvalue weighted by Crippen LogP contribution is 2.31. The summed E-state index contributed by atoms with van der Waals surface area (Å²) in [6, 6.07) is 11.2. The van der Waals surface area contributed by atoms with Crippen molar-refractivity contribution in [3.8, 4) is 22.8 Å². The normalized spacial score (nSPS) is 10.7. The fourth-order valence-corrected chi connectivity index (χ4v) is 3.11. The minimum Gasteiger partial charge on any atom is -0.491 e. The molecule has 29 heavy (non-hydrogen) atoms. The molecule has 4 aromatic rings. The molecule has 0 saturated heterocycles. The Kier molecular flexibility index (Phi) is 4.74. The number of nitrogens with one attached hydrogen (secondary N) is 2. The lowest BCUT2D eigenvalue weighted by Crippen LogP contribution is -2.01. The zero-order valence-corrected chi connectivity index (χ0v) is 16.0. The zero-order chi connectivity index (χ0) is 20.4. The summed E-state index contributed by atoms with van der Waals surface area (Å²) in [5.74, 6) is 1.55. The van der Waals surface area contributed by atoms with Gasteiger partial charge in [-0.15, -0.1) is 0 Å². The van der Waals surface area contributed by atoms with E-state index in [-0.39, 0.29) is 0 Å². The molecule has 0 atom stereocenters. The Balaban J connectivity index is 1.78. The van der Waals surface area contributed by atoms with Gasteiger partial charge in [-0.05, 0) is 29.8 Å². The maximum absolute atomic E-state index is 7.41. The molecule has 3 aromatic heterocycles. The van der Waals surface area contributed by atoms with E-state index < -0.39 is 0 Å². The number of aromatic nitrogens is 3. The third-order valence-corrected chi connectivity index (χ3v) is 4.56. The highest BCUT2D eigenvalue weighted by molar-refractivity contribution is 5.88. The van der Waals surface area contributed by atoms with Gasteiger partial charge in [-0.3, -0.25) is 0 Å². The van der Waals surface area contributed by atoms with Gasteiger partial charge in [-0.25, -0.2) is 4.98 Å². The molecule has 0 saturated carbocycles. The van der Waals surface area contributed by atoms with Crippen molar-refractivity contribution in [2.45, 2.75) is 0 Å². The van der Waals surface area contributed by atoms with Gasteiger partial charge >= 0.3 is 0 Å². The maximum Gasteiger partial charge on any atom is 0.258 e. The zero-order valence-electron chi connectivity index (χ0n) is 16.0. The number of fused-ring (bicyclic) bond motifs is 1. The summed E-state index contributed by atoms with van der Waals surface area (Å²) in [7, 11) is 3.12. The SMILES string of the molecule is COc1ccc(Nc2cc(-c3ccc(C=N)c(N)c3)cn3ccnc23)nc1OC. The Morgan fingerprint density at radius 1 is 1.10 bits per heavy atom. The van der Waals surface area contributed by atoms with Crippen LogP contribution in [0.1, 0.15) is 5.56 Å². The minimum atomic E-state index is 0.392. The van der Waals surface area contributed by atoms with E-state index >= 15 is 0 Å². The van der Waals surface area contributed by atoms with E-state index in [4.69, 9.17) is 20.6 Å². The number of benzene rings is 1. The second-order valence-electron chi connectivity index (χ2n) is 6.32. The molecular weight excluding hydrogens is 368 g/mol. The summed E-state index contributed by atoms with van der Waals surface area (Å²) >= 11 is 0. The number of imidazole rings is 1. The third kappa shape index (κ3) is 3.43. The Hall–Kier alpha value is -4.07. The molecular formula is C21H20N6O2. The van der Waals surface area contributed by atoms with Crippen LogP contribution >= 0.6 is 0 Å². The molecule has 3 heterocycles. The van der Waals surface area contributed by atoms with Crippen LogP contribution in [-0.4, -0.2) is 34.8 Å². The Bertz CT molecular complexity index is 1200. The lowest BCUT2D eigenvalue weighted by atomic mass is 10.0. The van der Waals surface area contributed by atoms with E-state index in [2.05, 4.69) is 15.3 Å². The number of anilines is 3. The van der Waals surface area contributed by atoms with Crippen molar-refractivity contribution in [1.29, 1.82) is 5.41 Å². The van der Waals surface area contributed by atoms with Gasteiger partial charge in [0.2, 0.25) is 0 Å². The average Bonchev–Trinajstić information content (AvgIpc) is 3.22. The van der Waals surface area contributed by atoms with Crippen LogP contribution < -0.4 is 20.5 Å². The molecule has 0 bridgehead atoms. The summed E-state index contributed by atoms with van der Waals surface area (Å²) in [5, 5.41) is 10.7. The molecule has 0 radical (unpaired) electrons. The second kappa shape index (κ2) is 7.51. The fourth-order valence-electron chi connectivity index (χ4n) is 3.11. The number of nitrogens with zero attached hydrogens (tertiary/aromatic N) is 3. The van der Waals surface area contributed by atoms with Crippen LogP contribution in [0.2, 0.25) is 0 Å². The van der Waals surface area contributed by atoms with E-state index in [1.54, 1.807) is 26.5 Å². The van der Waals surface area contributed by atoms with Gasteiger partial charge in [0.15, 0.2) is 11.4 Å². The van der Waals surface area contributed by atoms with Crippen molar-refractivity contribution in [3.05, 3.63) is 60.6 Å². The number of rotatable bonds is 6. The van der Waals surface area contributed by atoms with Gasteiger partial charge in [-0.1, -0.05) is 12.1 Å². The predicted molar refractivity (Wildman–Crippen MR) is 114 cm³/mol. The van der Waals surface area contributed by atoms with Crippen LogP contribution in [0.25, 0.3) is 16.8 Å². The number of ether oxygens (including phenoxy) is 2. The number of hydrogen-bond acceptors (Lipinski definition) is 7. The summed E-state index contributed by atoms with van der Waals surface area (Å²) in [5.41, 5.74) is 10.7. The third-order valence-electron chi connectivity index (χ3n) is 4.56. The van der Waals surface area contributed by atoms with Gasteiger partial charge < -0.3 is 30.3 Å². The van der Waals surface area contributed by atoms with E-state index in [9.17, 15) is 0 Å². The van der Waals surface area contributed by atoms with Gasteiger partial charge in [0.25, 0.3) is 5.88 Å². The quantitative estimate of drug-likeness (QED) is 0.343. The number of pyridine rings is 2. The molecule has 0 spiro atoms. The van der Waals surface area contributed by atoms with Crippen LogP contribution in [-0.2, 0) is 0 Å². The average molecular weight is 388 g/mol. The first-order valence-electron chi connectivity index (χ1n) is 8.86. The van der Waals surface area contributed by atoms with Gasteiger partial charge in [-0.2, -0.15) is 4.98 Å². The van der Waals surface area contributed by atoms with Crippen molar-refractivity contribution in [1.82, 2.24) is 14.4 Å². The molecule has 4 N–H and O–H groups in total. The largest absolute Gasteiger partial charge is 0.491 e. The molecule has 146 valence electrons. The van der Waals surface area contributed by atoms with Crippen LogP contribution in [0, 0.1) is 5.41 Å². The number of nitrogen functional groups attached to an aromatic ring is 1. The first-order valence-corrected chi connectivity index (χ1v) is 8.86. The number of nitrogens with two attached hydrogens (primary N) is 1. The molecule has 4 rings (SSSR count). The number of methoxy groups -OCH3 is 2. The van der Waals surface area contributed by atoms with Crippen LogP contribution in [0.3, 0.4) is 0 Å². The molecule has 0 aliphatic rings. The lowest BCUT2D eigenvalue weighted by Gasteiger charge is -2.13. The highest BCUT2D eigenvalue weighted by atomic mass is 16.5. The predicted octanol–water partition coefficient (Wildman–Crippen LogP) is 3.74. The minimum absolute atomic E-state index is 0.392. The fraction of sp³-hybridized carbons (Fsp3) is 0.0952. The van der Waals surface area contributed by atoms with E-state index in [0.29, 0.717) is 28.7 Å². The van der Waals surface area contributed by atoms with Crippen LogP contribution in [0.4, 0.5) is 17.2 Å². The van der Waals surface area contributed by atoms with E-state index in [0.717, 1.165) is 22.5 Å². The highest BCUT2D eigenvalue weighted by Gasteiger charge is 2.11.